The molecule has 0 aliphatic carbocycles. The van der Waals surface area contributed by atoms with E-state index in [0.29, 0.717) is 6.54 Å². The topological polar surface area (TPSA) is 75.9 Å². The van der Waals surface area contributed by atoms with Gasteiger partial charge in [0.15, 0.2) is 0 Å². The van der Waals surface area contributed by atoms with Gasteiger partial charge in [0.25, 0.3) is 0 Å². The Morgan fingerprint density at radius 2 is 2.19 bits per heavy atom. The zero-order chi connectivity index (χ0) is 18.7. The molecule has 3 rings (SSSR count). The van der Waals surface area contributed by atoms with Crippen molar-refractivity contribution < 1.29 is 4.79 Å². The van der Waals surface area contributed by atoms with Crippen LogP contribution in [0, 0.1) is 13.8 Å². The lowest BCUT2D eigenvalue weighted by atomic mass is 10.1. The van der Waals surface area contributed by atoms with Crippen LogP contribution in [0.1, 0.15) is 61.2 Å². The Morgan fingerprint density at radius 1 is 1.38 bits per heavy atom. The average Bonchev–Trinajstić information content (AvgIpc) is 3.20. The molecule has 0 saturated carbocycles. The molecule has 1 atom stereocenters. The third-order valence-corrected chi connectivity index (χ3v) is 5.10. The fraction of sp³-hybridized carbons (Fsp3) is 0.579. The van der Waals surface area contributed by atoms with Gasteiger partial charge in [-0.3, -0.25) is 14.4 Å². The highest BCUT2D eigenvalue weighted by Crippen LogP contribution is 2.32. The maximum absolute atomic E-state index is 11.1. The molecule has 1 amide bonds. The van der Waals surface area contributed by atoms with Gasteiger partial charge in [-0.2, -0.15) is 5.10 Å². The summed E-state index contributed by atoms with van der Waals surface area (Å²) in [4.78, 5) is 22.8. The van der Waals surface area contributed by atoms with Gasteiger partial charge in [-0.1, -0.05) is 0 Å². The van der Waals surface area contributed by atoms with Crippen molar-refractivity contribution in [2.24, 2.45) is 0 Å². The first-order chi connectivity index (χ1) is 12.5. The molecule has 0 aromatic carbocycles. The molecule has 7 heteroatoms. The molecule has 1 fully saturated rings. The van der Waals surface area contributed by atoms with Crippen LogP contribution in [0.5, 0.6) is 0 Å². The highest BCUT2D eigenvalue weighted by molar-refractivity contribution is 5.72. The summed E-state index contributed by atoms with van der Waals surface area (Å²) in [6.45, 7) is 11.1. The first-order valence-electron chi connectivity index (χ1n) is 9.32. The Balaban J connectivity index is 1.77. The molecule has 0 spiro atoms. The van der Waals surface area contributed by atoms with Gasteiger partial charge in [-0.15, -0.1) is 0 Å². The number of nitrogens with zero attached hydrogens (tertiary/aromatic N) is 5. The molecule has 1 saturated heterocycles. The molecule has 26 heavy (non-hydrogen) atoms. The SMILES string of the molecule is CCn1nc(C)c(CN2CCC[C@H]2c2nccc(CNC(C)=O)n2)c1C. The van der Waals surface area contributed by atoms with E-state index in [1.165, 1.54) is 18.2 Å². The van der Waals surface area contributed by atoms with Crippen LogP contribution in [0.4, 0.5) is 0 Å². The molecular weight excluding hydrogens is 328 g/mol. The van der Waals surface area contributed by atoms with Crippen molar-refractivity contribution in [1.29, 1.82) is 0 Å². The van der Waals surface area contributed by atoms with Crippen molar-refractivity contribution in [2.75, 3.05) is 6.54 Å². The van der Waals surface area contributed by atoms with Crippen LogP contribution in [0.25, 0.3) is 0 Å². The number of carbonyl (C=O) groups excluding carboxylic acids is 1. The van der Waals surface area contributed by atoms with Gasteiger partial charge in [-0.05, 0) is 46.2 Å². The predicted molar refractivity (Wildman–Crippen MR) is 99.3 cm³/mol. The third kappa shape index (κ3) is 3.93. The van der Waals surface area contributed by atoms with E-state index < -0.39 is 0 Å². The molecule has 0 bridgehead atoms. The zero-order valence-corrected chi connectivity index (χ0v) is 16.1. The van der Waals surface area contributed by atoms with E-state index in [9.17, 15) is 4.79 Å². The molecule has 3 heterocycles. The Kier molecular flexibility index (Phi) is 5.66. The summed E-state index contributed by atoms with van der Waals surface area (Å²) < 4.78 is 2.07. The number of rotatable bonds is 6. The van der Waals surface area contributed by atoms with Gasteiger partial charge in [0.1, 0.15) is 5.82 Å². The molecule has 0 radical (unpaired) electrons. The number of nitrogens with one attached hydrogen (secondary N) is 1. The van der Waals surface area contributed by atoms with Gasteiger partial charge in [0.05, 0.1) is 24.0 Å². The summed E-state index contributed by atoms with van der Waals surface area (Å²) in [7, 11) is 0. The molecule has 140 valence electrons. The molecule has 0 unspecified atom stereocenters. The second kappa shape index (κ2) is 7.95. The highest BCUT2D eigenvalue weighted by Gasteiger charge is 2.29. The van der Waals surface area contributed by atoms with Crippen molar-refractivity contribution in [3.8, 4) is 0 Å². The fourth-order valence-corrected chi connectivity index (χ4v) is 3.67. The average molecular weight is 356 g/mol. The summed E-state index contributed by atoms with van der Waals surface area (Å²) in [5, 5.41) is 7.44. The van der Waals surface area contributed by atoms with Crippen LogP contribution in [-0.2, 0) is 24.4 Å². The van der Waals surface area contributed by atoms with E-state index in [1.54, 1.807) is 6.20 Å². The lowest BCUT2D eigenvalue weighted by Gasteiger charge is -2.23. The van der Waals surface area contributed by atoms with E-state index >= 15 is 0 Å². The first kappa shape index (κ1) is 18.5. The summed E-state index contributed by atoms with van der Waals surface area (Å²) in [5.74, 6) is 0.801. The van der Waals surface area contributed by atoms with E-state index in [-0.39, 0.29) is 11.9 Å². The Hall–Kier alpha value is -2.28. The maximum Gasteiger partial charge on any atom is 0.217 e. The van der Waals surface area contributed by atoms with Crippen molar-refractivity contribution in [2.45, 2.75) is 66.2 Å². The Labute approximate surface area is 154 Å². The van der Waals surface area contributed by atoms with Crippen molar-refractivity contribution in [1.82, 2.24) is 30.0 Å². The minimum absolute atomic E-state index is 0.0495. The monoisotopic (exact) mass is 356 g/mol. The Morgan fingerprint density at radius 3 is 2.88 bits per heavy atom. The first-order valence-corrected chi connectivity index (χ1v) is 9.32. The van der Waals surface area contributed by atoms with Crippen LogP contribution in [0.15, 0.2) is 12.3 Å². The molecular formula is C19H28N6O. The highest BCUT2D eigenvalue weighted by atomic mass is 16.1. The van der Waals surface area contributed by atoms with Crippen LogP contribution in [-0.4, -0.2) is 37.1 Å². The van der Waals surface area contributed by atoms with Gasteiger partial charge in [0, 0.05) is 37.5 Å². The molecule has 1 aliphatic rings. The number of aryl methyl sites for hydroxylation is 2. The smallest absolute Gasteiger partial charge is 0.217 e. The van der Waals surface area contributed by atoms with Crippen molar-refractivity contribution >= 4 is 5.91 Å². The zero-order valence-electron chi connectivity index (χ0n) is 16.1. The Bertz CT molecular complexity index is 784. The minimum Gasteiger partial charge on any atom is -0.351 e. The lowest BCUT2D eigenvalue weighted by Crippen LogP contribution is -2.26. The number of hydrogen-bond donors (Lipinski definition) is 1. The summed E-state index contributed by atoms with van der Waals surface area (Å²) >= 11 is 0. The maximum atomic E-state index is 11.1. The number of hydrogen-bond acceptors (Lipinski definition) is 5. The summed E-state index contributed by atoms with van der Waals surface area (Å²) in [6, 6.07) is 2.08. The van der Waals surface area contributed by atoms with Crippen LogP contribution in [0.2, 0.25) is 0 Å². The van der Waals surface area contributed by atoms with Crippen LogP contribution >= 0.6 is 0 Å². The molecule has 7 nitrogen and oxygen atoms in total. The van der Waals surface area contributed by atoms with Crippen molar-refractivity contribution in [3.05, 3.63) is 40.7 Å². The van der Waals surface area contributed by atoms with Crippen molar-refractivity contribution in [3.63, 3.8) is 0 Å². The number of aromatic nitrogens is 4. The largest absolute Gasteiger partial charge is 0.351 e. The third-order valence-electron chi connectivity index (χ3n) is 5.10. The van der Waals surface area contributed by atoms with Crippen LogP contribution in [0.3, 0.4) is 0 Å². The normalized spacial score (nSPS) is 17.6. The van der Waals surface area contributed by atoms with E-state index in [1.807, 2.05) is 6.07 Å². The second-order valence-electron chi connectivity index (χ2n) is 6.91. The lowest BCUT2D eigenvalue weighted by molar-refractivity contribution is -0.119. The van der Waals surface area contributed by atoms with E-state index in [2.05, 4.69) is 45.8 Å². The van der Waals surface area contributed by atoms with Gasteiger partial charge in [-0.25, -0.2) is 9.97 Å². The summed E-state index contributed by atoms with van der Waals surface area (Å²) in [5.41, 5.74) is 4.52. The van der Waals surface area contributed by atoms with Crippen LogP contribution < -0.4 is 5.32 Å². The van der Waals surface area contributed by atoms with E-state index in [0.717, 1.165) is 49.7 Å². The molecule has 2 aromatic rings. The predicted octanol–water partition coefficient (Wildman–Crippen LogP) is 2.28. The second-order valence-corrected chi connectivity index (χ2v) is 6.91. The molecule has 1 N–H and O–H groups in total. The molecule has 2 aromatic heterocycles. The van der Waals surface area contributed by atoms with Gasteiger partial charge in [0.2, 0.25) is 5.91 Å². The van der Waals surface area contributed by atoms with Gasteiger partial charge < -0.3 is 5.32 Å². The quantitative estimate of drug-likeness (QED) is 0.859. The minimum atomic E-state index is -0.0495. The number of carbonyl (C=O) groups is 1. The van der Waals surface area contributed by atoms with Gasteiger partial charge >= 0.3 is 0 Å². The number of likely N-dealkylation sites (tertiary alicyclic amines) is 1. The fourth-order valence-electron chi connectivity index (χ4n) is 3.67. The van der Waals surface area contributed by atoms with E-state index in [4.69, 9.17) is 4.98 Å². The number of amides is 1. The summed E-state index contributed by atoms with van der Waals surface area (Å²) in [6.07, 6.45) is 4.00. The molecule has 1 aliphatic heterocycles. The standard InChI is InChI=1S/C19H28N6O/c1-5-25-14(3)17(13(2)23-25)12-24-10-6-7-18(24)19-20-9-8-16(22-19)11-21-15(4)26/h8-9,18H,5-7,10-12H2,1-4H3,(H,21,26)/t18-/m0/s1.